The first-order valence-electron chi connectivity index (χ1n) is 6.20. The standard InChI is InChI=1S/C14H17FO3/c1-2-18-13(16)14(7-9-17-10-8-14)11-3-5-12(15)6-4-11/h3-6H,2,7-10H2,1H3. The van der Waals surface area contributed by atoms with Crippen LogP contribution >= 0.6 is 0 Å². The SMILES string of the molecule is CCOC(=O)C1(c2ccc(F)cc2)CCOCC1. The molecule has 0 unspecified atom stereocenters. The maximum Gasteiger partial charge on any atom is 0.316 e. The fourth-order valence-corrected chi connectivity index (χ4v) is 2.37. The summed E-state index contributed by atoms with van der Waals surface area (Å²) in [6.45, 7) is 3.19. The molecule has 0 aliphatic carbocycles. The van der Waals surface area contributed by atoms with Crippen molar-refractivity contribution in [3.63, 3.8) is 0 Å². The second-order valence-electron chi connectivity index (χ2n) is 4.42. The highest BCUT2D eigenvalue weighted by molar-refractivity contribution is 5.83. The minimum absolute atomic E-state index is 0.236. The molecule has 0 atom stereocenters. The molecule has 0 bridgehead atoms. The van der Waals surface area contributed by atoms with E-state index in [0.717, 1.165) is 5.56 Å². The van der Waals surface area contributed by atoms with Crippen molar-refractivity contribution in [3.05, 3.63) is 35.6 Å². The van der Waals surface area contributed by atoms with Gasteiger partial charge in [0.1, 0.15) is 5.82 Å². The molecule has 0 aromatic heterocycles. The molecule has 0 saturated carbocycles. The zero-order valence-electron chi connectivity index (χ0n) is 10.4. The van der Waals surface area contributed by atoms with Crippen LogP contribution in [0.2, 0.25) is 0 Å². The molecule has 0 radical (unpaired) electrons. The van der Waals surface area contributed by atoms with Crippen molar-refractivity contribution in [1.29, 1.82) is 0 Å². The third-order valence-electron chi connectivity index (χ3n) is 3.41. The van der Waals surface area contributed by atoms with Crippen LogP contribution in [0.4, 0.5) is 4.39 Å². The Labute approximate surface area is 106 Å². The van der Waals surface area contributed by atoms with Crippen molar-refractivity contribution in [2.75, 3.05) is 19.8 Å². The summed E-state index contributed by atoms with van der Waals surface area (Å²) >= 11 is 0. The molecule has 1 aromatic carbocycles. The largest absolute Gasteiger partial charge is 0.465 e. The Bertz CT molecular complexity index is 408. The molecule has 0 spiro atoms. The van der Waals surface area contributed by atoms with E-state index in [9.17, 15) is 9.18 Å². The van der Waals surface area contributed by atoms with Crippen LogP contribution in [0.1, 0.15) is 25.3 Å². The lowest BCUT2D eigenvalue weighted by Gasteiger charge is -2.35. The first kappa shape index (κ1) is 13.0. The van der Waals surface area contributed by atoms with Gasteiger partial charge in [-0.05, 0) is 37.5 Å². The monoisotopic (exact) mass is 252 g/mol. The first-order chi connectivity index (χ1) is 8.69. The summed E-state index contributed by atoms with van der Waals surface area (Å²) in [4.78, 5) is 12.2. The molecule has 1 fully saturated rings. The second-order valence-corrected chi connectivity index (χ2v) is 4.42. The number of benzene rings is 1. The van der Waals surface area contributed by atoms with Crippen molar-refractivity contribution in [3.8, 4) is 0 Å². The van der Waals surface area contributed by atoms with E-state index in [1.807, 2.05) is 0 Å². The van der Waals surface area contributed by atoms with Gasteiger partial charge in [0.25, 0.3) is 0 Å². The molecule has 1 aliphatic rings. The Kier molecular flexibility index (Phi) is 3.97. The Morgan fingerprint density at radius 1 is 1.33 bits per heavy atom. The van der Waals surface area contributed by atoms with Crippen molar-refractivity contribution in [2.45, 2.75) is 25.2 Å². The van der Waals surface area contributed by atoms with E-state index in [0.29, 0.717) is 32.7 Å². The van der Waals surface area contributed by atoms with Crippen LogP contribution in [-0.4, -0.2) is 25.8 Å². The summed E-state index contributed by atoms with van der Waals surface area (Å²) in [5.41, 5.74) is 0.132. The lowest BCUT2D eigenvalue weighted by Crippen LogP contribution is -2.42. The van der Waals surface area contributed by atoms with Crippen molar-refractivity contribution < 1.29 is 18.7 Å². The van der Waals surface area contributed by atoms with Crippen LogP contribution < -0.4 is 0 Å². The van der Waals surface area contributed by atoms with Gasteiger partial charge >= 0.3 is 5.97 Å². The smallest absolute Gasteiger partial charge is 0.316 e. The summed E-state index contributed by atoms with van der Waals surface area (Å²) in [6.07, 6.45) is 1.16. The highest BCUT2D eigenvalue weighted by atomic mass is 19.1. The fraction of sp³-hybridized carbons (Fsp3) is 0.500. The van der Waals surface area contributed by atoms with Crippen LogP contribution in [0, 0.1) is 5.82 Å². The van der Waals surface area contributed by atoms with E-state index in [-0.39, 0.29) is 11.8 Å². The van der Waals surface area contributed by atoms with Crippen molar-refractivity contribution >= 4 is 5.97 Å². The normalized spacial score (nSPS) is 18.3. The minimum Gasteiger partial charge on any atom is -0.465 e. The van der Waals surface area contributed by atoms with E-state index in [4.69, 9.17) is 9.47 Å². The Morgan fingerprint density at radius 2 is 1.94 bits per heavy atom. The van der Waals surface area contributed by atoms with Crippen LogP contribution in [-0.2, 0) is 19.7 Å². The van der Waals surface area contributed by atoms with Gasteiger partial charge in [0.15, 0.2) is 0 Å². The third-order valence-corrected chi connectivity index (χ3v) is 3.41. The van der Waals surface area contributed by atoms with Gasteiger partial charge in [-0.3, -0.25) is 4.79 Å². The number of hydrogen-bond acceptors (Lipinski definition) is 3. The fourth-order valence-electron chi connectivity index (χ4n) is 2.37. The van der Waals surface area contributed by atoms with Gasteiger partial charge in [-0.15, -0.1) is 0 Å². The Hall–Kier alpha value is -1.42. The summed E-state index contributed by atoms with van der Waals surface area (Å²) < 4.78 is 23.5. The molecule has 0 amide bonds. The molecule has 18 heavy (non-hydrogen) atoms. The van der Waals surface area contributed by atoms with E-state index in [1.54, 1.807) is 19.1 Å². The summed E-state index contributed by atoms with van der Waals surface area (Å²) in [5, 5.41) is 0. The molecule has 4 heteroatoms. The molecule has 1 aromatic rings. The van der Waals surface area contributed by atoms with Gasteiger partial charge in [-0.1, -0.05) is 12.1 Å². The molecule has 98 valence electrons. The highest BCUT2D eigenvalue weighted by Gasteiger charge is 2.43. The molecular formula is C14H17FO3. The topological polar surface area (TPSA) is 35.5 Å². The van der Waals surface area contributed by atoms with Crippen molar-refractivity contribution in [1.82, 2.24) is 0 Å². The van der Waals surface area contributed by atoms with Gasteiger partial charge < -0.3 is 9.47 Å². The van der Waals surface area contributed by atoms with Gasteiger partial charge in [-0.2, -0.15) is 0 Å². The van der Waals surface area contributed by atoms with Crippen LogP contribution in [0.25, 0.3) is 0 Å². The Morgan fingerprint density at radius 3 is 2.50 bits per heavy atom. The number of ether oxygens (including phenoxy) is 2. The third kappa shape index (κ3) is 2.38. The summed E-state index contributed by atoms with van der Waals surface area (Å²) in [5.74, 6) is -0.537. The average molecular weight is 252 g/mol. The number of carbonyl (C=O) groups is 1. The molecule has 1 heterocycles. The molecule has 3 nitrogen and oxygen atoms in total. The summed E-state index contributed by atoms with van der Waals surface area (Å²) in [6, 6.07) is 6.09. The van der Waals surface area contributed by atoms with E-state index < -0.39 is 5.41 Å². The maximum atomic E-state index is 13.0. The van der Waals surface area contributed by atoms with E-state index in [1.165, 1.54) is 12.1 Å². The number of halogens is 1. The lowest BCUT2D eigenvalue weighted by atomic mass is 9.74. The molecular weight excluding hydrogens is 235 g/mol. The maximum absolute atomic E-state index is 13.0. The quantitative estimate of drug-likeness (QED) is 0.775. The predicted molar refractivity (Wildman–Crippen MR) is 64.8 cm³/mol. The Balaban J connectivity index is 2.34. The predicted octanol–water partition coefficient (Wildman–Crippen LogP) is 2.44. The summed E-state index contributed by atoms with van der Waals surface area (Å²) in [7, 11) is 0. The molecule has 0 N–H and O–H groups in total. The van der Waals surface area contributed by atoms with Gasteiger partial charge in [0, 0.05) is 13.2 Å². The minimum atomic E-state index is -0.679. The number of carbonyl (C=O) groups excluding carboxylic acids is 1. The number of hydrogen-bond donors (Lipinski definition) is 0. The van der Waals surface area contributed by atoms with Gasteiger partial charge in [0.2, 0.25) is 0 Å². The number of rotatable bonds is 3. The van der Waals surface area contributed by atoms with E-state index in [2.05, 4.69) is 0 Å². The van der Waals surface area contributed by atoms with Gasteiger partial charge in [-0.25, -0.2) is 4.39 Å². The molecule has 1 aliphatic heterocycles. The van der Waals surface area contributed by atoms with Gasteiger partial charge in [0.05, 0.1) is 12.0 Å². The van der Waals surface area contributed by atoms with Crippen LogP contribution in [0.15, 0.2) is 24.3 Å². The second kappa shape index (κ2) is 5.48. The molecule has 2 rings (SSSR count). The van der Waals surface area contributed by atoms with Crippen molar-refractivity contribution in [2.24, 2.45) is 0 Å². The lowest BCUT2D eigenvalue weighted by molar-refractivity contribution is -0.154. The van der Waals surface area contributed by atoms with Crippen LogP contribution in [0.3, 0.4) is 0 Å². The highest BCUT2D eigenvalue weighted by Crippen LogP contribution is 2.36. The average Bonchev–Trinajstić information content (AvgIpc) is 2.40. The van der Waals surface area contributed by atoms with E-state index >= 15 is 0 Å². The zero-order chi connectivity index (χ0) is 13.0. The zero-order valence-corrected chi connectivity index (χ0v) is 10.4. The molecule has 1 saturated heterocycles. The van der Waals surface area contributed by atoms with Crippen LogP contribution in [0.5, 0.6) is 0 Å². The first-order valence-corrected chi connectivity index (χ1v) is 6.20. The number of esters is 1.